The fraction of sp³-hybridized carbons (Fsp3) is 0.600. The zero-order valence-corrected chi connectivity index (χ0v) is 12.5. The Kier molecular flexibility index (Phi) is 4.68. The Morgan fingerprint density at radius 1 is 1.11 bits per heavy atom. The molecule has 2 aliphatic rings. The van der Waals surface area contributed by atoms with Gasteiger partial charge in [0, 0.05) is 6.04 Å². The molecule has 100 valence electrons. The lowest BCUT2D eigenvalue weighted by atomic mass is 9.86. The maximum Gasteiger partial charge on any atom is 0.119 e. The second-order valence-corrected chi connectivity index (χ2v) is 5.41. The molecule has 1 aromatic carbocycles. The average molecular weight is 312 g/mol. The molecule has 1 aliphatic heterocycles. The van der Waals surface area contributed by atoms with Crippen LogP contribution in [0.25, 0.3) is 0 Å². The molecule has 1 heterocycles. The van der Waals surface area contributed by atoms with E-state index in [0.29, 0.717) is 11.8 Å². The molecule has 18 heavy (non-hydrogen) atoms. The highest BCUT2D eigenvalue weighted by atomic mass is 79.9. The van der Waals surface area contributed by atoms with Crippen molar-refractivity contribution in [3.63, 3.8) is 0 Å². The number of fused-ring (bicyclic) bond motifs is 1. The van der Waals surface area contributed by atoms with E-state index in [1.54, 1.807) is 0 Å². The van der Waals surface area contributed by atoms with E-state index >= 15 is 0 Å². The molecule has 1 aliphatic carbocycles. The maximum absolute atomic E-state index is 9.84. The van der Waals surface area contributed by atoms with Crippen LogP contribution in [0.1, 0.15) is 36.8 Å². The molecule has 1 saturated heterocycles. The first-order valence-electron chi connectivity index (χ1n) is 6.88. The molecule has 0 amide bonds. The lowest BCUT2D eigenvalue weighted by Crippen LogP contribution is -2.42. The van der Waals surface area contributed by atoms with E-state index in [9.17, 15) is 5.11 Å². The number of phenols is 1. The minimum atomic E-state index is 0. The van der Waals surface area contributed by atoms with Gasteiger partial charge in [-0.2, -0.15) is 0 Å². The standard InChI is InChI=1S/C15H21NO.BrH/c17-15-6-4-5-12-11-13(7-8-14(12)15)16-9-2-1-3-10-16;/h4-6,13,17H,1-3,7-11H2;1H. The highest BCUT2D eigenvalue weighted by Crippen LogP contribution is 2.31. The Hall–Kier alpha value is -0.540. The molecule has 1 N–H and O–H groups in total. The number of nitrogens with zero attached hydrogens (tertiary/aromatic N) is 1. The van der Waals surface area contributed by atoms with Crippen LogP contribution >= 0.6 is 17.0 Å². The number of phenolic OH excluding ortho intramolecular Hbond substituents is 1. The highest BCUT2D eigenvalue weighted by molar-refractivity contribution is 8.93. The van der Waals surface area contributed by atoms with Crippen LogP contribution < -0.4 is 0 Å². The van der Waals surface area contributed by atoms with Crippen LogP contribution in [-0.4, -0.2) is 29.1 Å². The summed E-state index contributed by atoms with van der Waals surface area (Å²) in [7, 11) is 0. The molecule has 0 aromatic heterocycles. The SMILES string of the molecule is Br.Oc1cccc2c1CCC(N1CCCCC1)C2. The predicted octanol–water partition coefficient (Wildman–Crippen LogP) is 3.31. The molecule has 0 radical (unpaired) electrons. The van der Waals surface area contributed by atoms with E-state index in [1.807, 2.05) is 12.1 Å². The van der Waals surface area contributed by atoms with Gasteiger partial charge in [-0.05, 0) is 62.4 Å². The van der Waals surface area contributed by atoms with E-state index in [2.05, 4.69) is 11.0 Å². The van der Waals surface area contributed by atoms with Gasteiger partial charge >= 0.3 is 0 Å². The second-order valence-electron chi connectivity index (χ2n) is 5.41. The van der Waals surface area contributed by atoms with Crippen LogP contribution in [0.2, 0.25) is 0 Å². The number of aromatic hydroxyl groups is 1. The first-order valence-corrected chi connectivity index (χ1v) is 6.88. The molecule has 1 unspecified atom stereocenters. The summed E-state index contributed by atoms with van der Waals surface area (Å²) < 4.78 is 0. The van der Waals surface area contributed by atoms with Crippen molar-refractivity contribution in [2.75, 3.05) is 13.1 Å². The van der Waals surface area contributed by atoms with Crippen molar-refractivity contribution in [1.82, 2.24) is 4.90 Å². The largest absolute Gasteiger partial charge is 0.508 e. The van der Waals surface area contributed by atoms with Crippen molar-refractivity contribution in [2.24, 2.45) is 0 Å². The second kappa shape index (κ2) is 6.07. The van der Waals surface area contributed by atoms with E-state index in [0.717, 1.165) is 12.8 Å². The third-order valence-corrected chi connectivity index (χ3v) is 4.34. The van der Waals surface area contributed by atoms with E-state index in [1.165, 1.54) is 49.9 Å². The third kappa shape index (κ3) is 2.72. The zero-order valence-electron chi connectivity index (χ0n) is 10.8. The van der Waals surface area contributed by atoms with Crippen molar-refractivity contribution in [2.45, 2.75) is 44.6 Å². The fourth-order valence-electron chi connectivity index (χ4n) is 3.36. The van der Waals surface area contributed by atoms with Crippen LogP contribution in [0.15, 0.2) is 18.2 Å². The fourth-order valence-corrected chi connectivity index (χ4v) is 3.36. The number of hydrogen-bond acceptors (Lipinski definition) is 2. The van der Waals surface area contributed by atoms with Crippen LogP contribution in [-0.2, 0) is 12.8 Å². The number of benzene rings is 1. The maximum atomic E-state index is 9.84. The number of hydrogen-bond donors (Lipinski definition) is 1. The minimum Gasteiger partial charge on any atom is -0.508 e. The molecule has 3 rings (SSSR count). The minimum absolute atomic E-state index is 0. The van der Waals surface area contributed by atoms with Gasteiger partial charge in [0.05, 0.1) is 0 Å². The van der Waals surface area contributed by atoms with E-state index in [4.69, 9.17) is 0 Å². The summed E-state index contributed by atoms with van der Waals surface area (Å²) in [6.07, 6.45) is 7.52. The molecule has 1 atom stereocenters. The average Bonchev–Trinajstić information content (AvgIpc) is 2.40. The van der Waals surface area contributed by atoms with Gasteiger partial charge in [0.1, 0.15) is 5.75 Å². The van der Waals surface area contributed by atoms with Gasteiger partial charge in [0.2, 0.25) is 0 Å². The molecule has 0 bridgehead atoms. The van der Waals surface area contributed by atoms with Crippen LogP contribution in [0.3, 0.4) is 0 Å². The summed E-state index contributed by atoms with van der Waals surface area (Å²) in [5.74, 6) is 0.500. The molecule has 1 fully saturated rings. The summed E-state index contributed by atoms with van der Waals surface area (Å²) in [6, 6.07) is 6.70. The summed E-state index contributed by atoms with van der Waals surface area (Å²) in [4.78, 5) is 2.66. The first kappa shape index (κ1) is 13.9. The van der Waals surface area contributed by atoms with Crippen LogP contribution in [0.4, 0.5) is 0 Å². The quantitative estimate of drug-likeness (QED) is 0.860. The normalized spacial score (nSPS) is 24.1. The summed E-state index contributed by atoms with van der Waals surface area (Å²) in [6.45, 7) is 2.55. The Balaban J connectivity index is 0.00000120. The molecule has 2 nitrogen and oxygen atoms in total. The van der Waals surface area contributed by atoms with Gasteiger partial charge in [-0.25, -0.2) is 0 Å². The Morgan fingerprint density at radius 2 is 1.89 bits per heavy atom. The van der Waals surface area contributed by atoms with Gasteiger partial charge in [-0.1, -0.05) is 18.6 Å². The molecular formula is C15H22BrNO. The topological polar surface area (TPSA) is 23.5 Å². The Labute approximate surface area is 120 Å². The van der Waals surface area contributed by atoms with Gasteiger partial charge < -0.3 is 10.0 Å². The van der Waals surface area contributed by atoms with Gasteiger partial charge in [0.25, 0.3) is 0 Å². The number of likely N-dealkylation sites (tertiary alicyclic amines) is 1. The lowest BCUT2D eigenvalue weighted by molar-refractivity contribution is 0.149. The highest BCUT2D eigenvalue weighted by Gasteiger charge is 2.26. The van der Waals surface area contributed by atoms with Crippen molar-refractivity contribution in [1.29, 1.82) is 0 Å². The van der Waals surface area contributed by atoms with E-state index in [-0.39, 0.29) is 17.0 Å². The first-order chi connectivity index (χ1) is 8.34. The molecule has 1 aromatic rings. The summed E-state index contributed by atoms with van der Waals surface area (Å²) in [5, 5.41) is 9.84. The van der Waals surface area contributed by atoms with Crippen molar-refractivity contribution in [3.8, 4) is 5.75 Å². The van der Waals surface area contributed by atoms with E-state index < -0.39 is 0 Å². The summed E-state index contributed by atoms with van der Waals surface area (Å²) >= 11 is 0. The predicted molar refractivity (Wildman–Crippen MR) is 79.7 cm³/mol. The van der Waals surface area contributed by atoms with Crippen molar-refractivity contribution >= 4 is 17.0 Å². The molecule has 0 spiro atoms. The molecular weight excluding hydrogens is 290 g/mol. The van der Waals surface area contributed by atoms with Crippen molar-refractivity contribution in [3.05, 3.63) is 29.3 Å². The number of halogens is 1. The Bertz CT molecular complexity index is 401. The Morgan fingerprint density at radius 3 is 2.67 bits per heavy atom. The van der Waals surface area contributed by atoms with Crippen LogP contribution in [0.5, 0.6) is 5.75 Å². The van der Waals surface area contributed by atoms with Crippen LogP contribution in [0, 0.1) is 0 Å². The van der Waals surface area contributed by atoms with Gasteiger partial charge in [-0.3, -0.25) is 0 Å². The number of rotatable bonds is 1. The van der Waals surface area contributed by atoms with Gasteiger partial charge in [-0.15, -0.1) is 17.0 Å². The smallest absolute Gasteiger partial charge is 0.119 e. The molecule has 3 heteroatoms. The van der Waals surface area contributed by atoms with Crippen molar-refractivity contribution < 1.29 is 5.11 Å². The third-order valence-electron chi connectivity index (χ3n) is 4.34. The number of piperidine rings is 1. The van der Waals surface area contributed by atoms with Gasteiger partial charge in [0.15, 0.2) is 0 Å². The zero-order chi connectivity index (χ0) is 11.7. The lowest BCUT2D eigenvalue weighted by Gasteiger charge is -2.37. The molecule has 0 saturated carbocycles. The monoisotopic (exact) mass is 311 g/mol. The summed E-state index contributed by atoms with van der Waals surface area (Å²) in [5.41, 5.74) is 2.56.